The molecule has 0 amide bonds. The molecule has 1 N–H and O–H groups in total. The summed E-state index contributed by atoms with van der Waals surface area (Å²) in [5, 5.41) is 9.14. The fraction of sp³-hybridized carbons (Fsp3) is 0.321. The standard InChI is InChI=1S/C28H30O5/c1-31-27(28(29)30)18-20-10-14-23(15-11-20)32-25-8-5-9-26(19-25)33-24-16-12-22(13-17-24)21-6-3-2-4-7-21/h2-4,6-7,10-17,25-27H,5,8-9,18-19H2,1H3,(H,29,30)/t25-,26+,27?/m0/s1. The second-order valence-electron chi connectivity index (χ2n) is 8.45. The molecule has 33 heavy (non-hydrogen) atoms. The van der Waals surface area contributed by atoms with Crippen molar-refractivity contribution in [3.63, 3.8) is 0 Å². The van der Waals surface area contributed by atoms with Crippen LogP contribution in [0.25, 0.3) is 11.1 Å². The first-order valence-electron chi connectivity index (χ1n) is 11.4. The lowest BCUT2D eigenvalue weighted by molar-refractivity contribution is -0.148. The molecule has 1 aliphatic carbocycles. The third-order valence-corrected chi connectivity index (χ3v) is 6.05. The molecule has 1 unspecified atom stereocenters. The highest BCUT2D eigenvalue weighted by atomic mass is 16.5. The molecule has 3 aromatic rings. The summed E-state index contributed by atoms with van der Waals surface area (Å²) in [6.45, 7) is 0. The molecule has 0 radical (unpaired) electrons. The van der Waals surface area contributed by atoms with Crippen LogP contribution < -0.4 is 9.47 Å². The molecule has 0 spiro atoms. The molecule has 3 aromatic carbocycles. The molecule has 4 rings (SSSR count). The molecule has 1 fully saturated rings. The number of carboxylic acids is 1. The van der Waals surface area contributed by atoms with Crippen LogP contribution >= 0.6 is 0 Å². The predicted molar refractivity (Wildman–Crippen MR) is 128 cm³/mol. The monoisotopic (exact) mass is 446 g/mol. The minimum Gasteiger partial charge on any atom is -0.490 e. The van der Waals surface area contributed by atoms with E-state index in [1.54, 1.807) is 0 Å². The number of aliphatic carboxylic acids is 1. The van der Waals surface area contributed by atoms with Gasteiger partial charge in [0.05, 0.1) is 0 Å². The van der Waals surface area contributed by atoms with Gasteiger partial charge in [-0.05, 0) is 60.2 Å². The normalized spacial score (nSPS) is 18.9. The Kier molecular flexibility index (Phi) is 7.63. The number of rotatable bonds is 9. The lowest BCUT2D eigenvalue weighted by Gasteiger charge is -2.30. The van der Waals surface area contributed by atoms with Crippen molar-refractivity contribution in [2.24, 2.45) is 0 Å². The second-order valence-corrected chi connectivity index (χ2v) is 8.45. The van der Waals surface area contributed by atoms with Gasteiger partial charge in [0.15, 0.2) is 6.10 Å². The predicted octanol–water partition coefficient (Wildman–Crippen LogP) is 5.76. The smallest absolute Gasteiger partial charge is 0.333 e. The number of ether oxygens (including phenoxy) is 3. The van der Waals surface area contributed by atoms with Crippen molar-refractivity contribution in [2.45, 2.75) is 50.4 Å². The zero-order valence-corrected chi connectivity index (χ0v) is 18.9. The Morgan fingerprint density at radius 2 is 1.39 bits per heavy atom. The maximum atomic E-state index is 11.1. The highest BCUT2D eigenvalue weighted by Gasteiger charge is 2.25. The van der Waals surface area contributed by atoms with Crippen LogP contribution in [0.5, 0.6) is 11.5 Å². The average Bonchev–Trinajstić information content (AvgIpc) is 2.84. The third-order valence-electron chi connectivity index (χ3n) is 6.05. The molecule has 1 saturated carbocycles. The van der Waals surface area contributed by atoms with Crippen LogP contribution in [-0.2, 0) is 16.0 Å². The fourth-order valence-electron chi connectivity index (χ4n) is 4.25. The number of hydrogen-bond donors (Lipinski definition) is 1. The van der Waals surface area contributed by atoms with Gasteiger partial charge in [0.2, 0.25) is 0 Å². The van der Waals surface area contributed by atoms with Gasteiger partial charge >= 0.3 is 5.97 Å². The lowest BCUT2D eigenvalue weighted by atomic mass is 9.94. The largest absolute Gasteiger partial charge is 0.490 e. The van der Waals surface area contributed by atoms with E-state index in [9.17, 15) is 4.79 Å². The summed E-state index contributed by atoms with van der Waals surface area (Å²) >= 11 is 0. The molecule has 5 heteroatoms. The van der Waals surface area contributed by atoms with Crippen molar-refractivity contribution in [2.75, 3.05) is 7.11 Å². The van der Waals surface area contributed by atoms with Crippen molar-refractivity contribution in [1.29, 1.82) is 0 Å². The Bertz CT molecular complexity index is 1010. The van der Waals surface area contributed by atoms with Gasteiger partial charge < -0.3 is 19.3 Å². The van der Waals surface area contributed by atoms with Crippen LogP contribution in [0.15, 0.2) is 78.9 Å². The Hall–Kier alpha value is -3.31. The second kappa shape index (κ2) is 11.0. The van der Waals surface area contributed by atoms with Crippen molar-refractivity contribution in [1.82, 2.24) is 0 Å². The van der Waals surface area contributed by atoms with Crippen LogP contribution in [0.1, 0.15) is 31.2 Å². The molecule has 5 nitrogen and oxygen atoms in total. The Labute approximate surface area is 194 Å². The van der Waals surface area contributed by atoms with Gasteiger partial charge in [0.25, 0.3) is 0 Å². The summed E-state index contributed by atoms with van der Waals surface area (Å²) in [5.41, 5.74) is 3.28. The topological polar surface area (TPSA) is 65.0 Å². The van der Waals surface area contributed by atoms with E-state index >= 15 is 0 Å². The van der Waals surface area contributed by atoms with E-state index in [0.29, 0.717) is 6.42 Å². The van der Waals surface area contributed by atoms with E-state index in [4.69, 9.17) is 19.3 Å². The van der Waals surface area contributed by atoms with Gasteiger partial charge in [-0.25, -0.2) is 4.79 Å². The van der Waals surface area contributed by atoms with Crippen LogP contribution in [0, 0.1) is 0 Å². The zero-order chi connectivity index (χ0) is 23.0. The molecule has 3 atom stereocenters. The first-order valence-corrected chi connectivity index (χ1v) is 11.4. The summed E-state index contributed by atoms with van der Waals surface area (Å²) in [5.74, 6) is 0.720. The van der Waals surface area contributed by atoms with E-state index in [0.717, 1.165) is 42.7 Å². The van der Waals surface area contributed by atoms with Crippen LogP contribution in [0.2, 0.25) is 0 Å². The average molecular weight is 447 g/mol. The van der Waals surface area contributed by atoms with Gasteiger partial charge in [-0.15, -0.1) is 0 Å². The molecule has 172 valence electrons. The van der Waals surface area contributed by atoms with E-state index in [-0.39, 0.29) is 12.2 Å². The number of carboxylic acid groups (broad SMARTS) is 1. The maximum Gasteiger partial charge on any atom is 0.333 e. The number of methoxy groups -OCH3 is 1. The summed E-state index contributed by atoms with van der Waals surface area (Å²) in [6, 6.07) is 26.2. The van der Waals surface area contributed by atoms with Crippen LogP contribution in [0.4, 0.5) is 0 Å². The number of carbonyl (C=O) groups is 1. The van der Waals surface area contributed by atoms with Crippen molar-refractivity contribution in [3.8, 4) is 22.6 Å². The summed E-state index contributed by atoms with van der Waals surface area (Å²) in [6.07, 6.45) is 3.64. The van der Waals surface area contributed by atoms with Crippen molar-refractivity contribution < 1.29 is 24.1 Å². The van der Waals surface area contributed by atoms with Gasteiger partial charge in [-0.3, -0.25) is 0 Å². The Morgan fingerprint density at radius 1 is 0.848 bits per heavy atom. The SMILES string of the molecule is COC(Cc1ccc(O[C@H]2CCC[C@@H](Oc3ccc(-c4ccccc4)cc3)C2)cc1)C(=O)O. The Balaban J connectivity index is 1.30. The molecule has 1 aliphatic rings. The summed E-state index contributed by atoms with van der Waals surface area (Å²) < 4.78 is 17.5. The first-order chi connectivity index (χ1) is 16.1. The van der Waals surface area contributed by atoms with Crippen LogP contribution in [0.3, 0.4) is 0 Å². The van der Waals surface area contributed by atoms with Gasteiger partial charge in [-0.1, -0.05) is 54.6 Å². The van der Waals surface area contributed by atoms with Gasteiger partial charge in [-0.2, -0.15) is 0 Å². The molecule has 0 saturated heterocycles. The van der Waals surface area contributed by atoms with E-state index in [1.807, 2.05) is 54.6 Å². The highest BCUT2D eigenvalue weighted by molar-refractivity contribution is 5.72. The number of hydrogen-bond acceptors (Lipinski definition) is 4. The maximum absolute atomic E-state index is 11.1. The van der Waals surface area contributed by atoms with Crippen LogP contribution in [-0.4, -0.2) is 36.5 Å². The molecule has 0 aliphatic heterocycles. The van der Waals surface area contributed by atoms with Gasteiger partial charge in [0, 0.05) is 20.0 Å². The summed E-state index contributed by atoms with van der Waals surface area (Å²) in [7, 11) is 1.41. The number of benzene rings is 3. The lowest BCUT2D eigenvalue weighted by Crippen LogP contribution is -2.32. The third kappa shape index (κ3) is 6.36. The highest BCUT2D eigenvalue weighted by Crippen LogP contribution is 2.29. The van der Waals surface area contributed by atoms with Crippen molar-refractivity contribution >= 4 is 5.97 Å². The van der Waals surface area contributed by atoms with E-state index in [2.05, 4.69) is 24.3 Å². The molecular formula is C28H30O5. The van der Waals surface area contributed by atoms with E-state index in [1.165, 1.54) is 18.2 Å². The quantitative estimate of drug-likeness (QED) is 0.452. The molecule has 0 aromatic heterocycles. The minimum atomic E-state index is -0.958. The fourth-order valence-corrected chi connectivity index (χ4v) is 4.25. The molecular weight excluding hydrogens is 416 g/mol. The van der Waals surface area contributed by atoms with Gasteiger partial charge in [0.1, 0.15) is 23.7 Å². The zero-order valence-electron chi connectivity index (χ0n) is 18.9. The molecule has 0 bridgehead atoms. The van der Waals surface area contributed by atoms with Crippen molar-refractivity contribution in [3.05, 3.63) is 84.4 Å². The van der Waals surface area contributed by atoms with E-state index < -0.39 is 12.1 Å². The first kappa shape index (κ1) is 22.9. The minimum absolute atomic E-state index is 0.101. The Morgan fingerprint density at radius 3 is 1.94 bits per heavy atom. The molecule has 0 heterocycles. The summed E-state index contributed by atoms with van der Waals surface area (Å²) in [4.78, 5) is 11.1.